The van der Waals surface area contributed by atoms with Crippen LogP contribution in [0.4, 0.5) is 18.9 Å². The van der Waals surface area contributed by atoms with Gasteiger partial charge in [-0.25, -0.2) is 0 Å². The first-order chi connectivity index (χ1) is 12.8. The molecular weight excluding hydrogens is 476 g/mol. The van der Waals surface area contributed by atoms with Crippen molar-refractivity contribution < 1.29 is 27.2 Å². The summed E-state index contributed by atoms with van der Waals surface area (Å²) >= 11 is 1.88. The summed E-state index contributed by atoms with van der Waals surface area (Å²) in [6.07, 6.45) is -2.17. The van der Waals surface area contributed by atoms with Gasteiger partial charge in [-0.1, -0.05) is 0 Å². The molecule has 0 radical (unpaired) electrons. The monoisotopic (exact) mass is 492 g/mol. The van der Waals surface area contributed by atoms with Gasteiger partial charge in [0.15, 0.2) is 5.76 Å². The van der Waals surface area contributed by atoms with Gasteiger partial charge in [0.1, 0.15) is 0 Å². The van der Waals surface area contributed by atoms with Gasteiger partial charge in [-0.15, -0.1) is 0 Å². The van der Waals surface area contributed by atoms with Crippen molar-refractivity contribution in [2.75, 3.05) is 18.4 Å². The molecule has 0 spiro atoms. The Morgan fingerprint density at radius 1 is 1.19 bits per heavy atom. The van der Waals surface area contributed by atoms with Gasteiger partial charge in [0.2, 0.25) is 5.91 Å². The van der Waals surface area contributed by atoms with E-state index in [1.165, 1.54) is 12.3 Å². The number of halogens is 4. The molecule has 27 heavy (non-hydrogen) atoms. The van der Waals surface area contributed by atoms with Crippen LogP contribution < -0.4 is 5.32 Å². The van der Waals surface area contributed by atoms with Crippen LogP contribution in [-0.4, -0.2) is 29.8 Å². The number of furan rings is 1. The number of hydrogen-bond acceptors (Lipinski definition) is 3. The zero-order valence-electron chi connectivity index (χ0n) is 14.1. The van der Waals surface area contributed by atoms with Crippen LogP contribution in [0.5, 0.6) is 0 Å². The highest BCUT2D eigenvalue weighted by molar-refractivity contribution is 14.1. The SMILES string of the molecule is O=C(Nc1cc(C(F)(F)F)ccc1I)C1CCN(C(=O)c2ccco2)CC1. The van der Waals surface area contributed by atoms with E-state index in [0.29, 0.717) is 29.5 Å². The molecule has 0 atom stereocenters. The van der Waals surface area contributed by atoms with E-state index in [-0.39, 0.29) is 29.2 Å². The fourth-order valence-corrected chi connectivity index (χ4v) is 3.40. The highest BCUT2D eigenvalue weighted by atomic mass is 127. The van der Waals surface area contributed by atoms with Gasteiger partial charge in [-0.3, -0.25) is 9.59 Å². The number of piperidine rings is 1. The molecule has 0 aliphatic carbocycles. The van der Waals surface area contributed by atoms with E-state index in [9.17, 15) is 22.8 Å². The maximum Gasteiger partial charge on any atom is 0.416 e. The van der Waals surface area contributed by atoms with Crippen molar-refractivity contribution in [3.8, 4) is 0 Å². The Labute approximate surface area is 167 Å². The largest absolute Gasteiger partial charge is 0.459 e. The number of rotatable bonds is 3. The molecule has 1 aliphatic heterocycles. The third-order valence-electron chi connectivity index (χ3n) is 4.44. The van der Waals surface area contributed by atoms with Crippen LogP contribution in [-0.2, 0) is 11.0 Å². The van der Waals surface area contributed by atoms with Gasteiger partial charge >= 0.3 is 6.18 Å². The van der Waals surface area contributed by atoms with E-state index in [1.54, 1.807) is 17.0 Å². The van der Waals surface area contributed by atoms with E-state index >= 15 is 0 Å². The molecule has 1 aromatic carbocycles. The number of anilines is 1. The van der Waals surface area contributed by atoms with Crippen LogP contribution in [0.3, 0.4) is 0 Å². The minimum Gasteiger partial charge on any atom is -0.459 e. The molecule has 0 unspecified atom stereocenters. The number of carbonyl (C=O) groups is 2. The van der Waals surface area contributed by atoms with Crippen molar-refractivity contribution in [3.05, 3.63) is 51.5 Å². The standard InChI is InChI=1S/C18H16F3IN2O3/c19-18(20,21)12-3-4-13(22)14(10-12)23-16(25)11-5-7-24(8-6-11)17(26)15-2-1-9-27-15/h1-4,9-11H,5-8H2,(H,23,25). The second-order valence-corrected chi connectivity index (χ2v) is 7.39. The minimum absolute atomic E-state index is 0.143. The Kier molecular flexibility index (Phi) is 5.78. The summed E-state index contributed by atoms with van der Waals surface area (Å²) in [6.45, 7) is 0.772. The minimum atomic E-state index is -4.47. The number of benzene rings is 1. The Bertz CT molecular complexity index is 829. The molecule has 2 amide bonds. The smallest absolute Gasteiger partial charge is 0.416 e. The van der Waals surface area contributed by atoms with Gasteiger partial charge in [0, 0.05) is 22.6 Å². The summed E-state index contributed by atoms with van der Waals surface area (Å²) in [5.74, 6) is -0.684. The van der Waals surface area contributed by atoms with Crippen molar-refractivity contribution in [1.29, 1.82) is 0 Å². The predicted octanol–water partition coefficient (Wildman–Crippen LogP) is 4.39. The van der Waals surface area contributed by atoms with Gasteiger partial charge in [0.25, 0.3) is 5.91 Å². The van der Waals surface area contributed by atoms with Gasteiger partial charge in [0.05, 0.1) is 17.5 Å². The zero-order valence-corrected chi connectivity index (χ0v) is 16.2. The first kappa shape index (κ1) is 19.7. The summed E-state index contributed by atoms with van der Waals surface area (Å²) in [5, 5.41) is 2.60. The van der Waals surface area contributed by atoms with E-state index in [2.05, 4.69) is 5.32 Å². The van der Waals surface area contributed by atoms with E-state index in [0.717, 1.165) is 12.1 Å². The van der Waals surface area contributed by atoms with Crippen molar-refractivity contribution in [2.45, 2.75) is 19.0 Å². The summed E-state index contributed by atoms with van der Waals surface area (Å²) < 4.78 is 44.2. The fourth-order valence-electron chi connectivity index (χ4n) is 2.93. The number of nitrogens with zero attached hydrogens (tertiary/aromatic N) is 1. The maximum atomic E-state index is 12.9. The summed E-state index contributed by atoms with van der Waals surface area (Å²) in [5.41, 5.74) is -0.665. The molecule has 1 fully saturated rings. The van der Waals surface area contributed by atoms with E-state index in [1.807, 2.05) is 22.6 Å². The van der Waals surface area contributed by atoms with Crippen LogP contribution >= 0.6 is 22.6 Å². The highest BCUT2D eigenvalue weighted by Crippen LogP contribution is 2.33. The quantitative estimate of drug-likeness (QED) is 0.647. The number of amides is 2. The molecule has 0 bridgehead atoms. The Balaban J connectivity index is 1.61. The predicted molar refractivity (Wildman–Crippen MR) is 100 cm³/mol. The van der Waals surface area contributed by atoms with Crippen molar-refractivity contribution >= 4 is 40.1 Å². The number of carbonyl (C=O) groups excluding carboxylic acids is 2. The molecule has 2 heterocycles. The number of alkyl halides is 3. The van der Waals surface area contributed by atoms with Crippen LogP contribution in [0.2, 0.25) is 0 Å². The molecule has 9 heteroatoms. The topological polar surface area (TPSA) is 62.6 Å². The number of hydrogen-bond donors (Lipinski definition) is 1. The Hall–Kier alpha value is -2.04. The van der Waals surface area contributed by atoms with E-state index < -0.39 is 11.7 Å². The third kappa shape index (κ3) is 4.63. The molecular formula is C18H16F3IN2O3. The van der Waals surface area contributed by atoms with Gasteiger partial charge in [-0.2, -0.15) is 13.2 Å². The van der Waals surface area contributed by atoms with E-state index in [4.69, 9.17) is 4.42 Å². The lowest BCUT2D eigenvalue weighted by atomic mass is 9.95. The van der Waals surface area contributed by atoms with Gasteiger partial charge < -0.3 is 14.6 Å². The normalized spacial score (nSPS) is 15.6. The van der Waals surface area contributed by atoms with Crippen molar-refractivity contribution in [1.82, 2.24) is 4.90 Å². The summed E-state index contributed by atoms with van der Waals surface area (Å²) in [4.78, 5) is 26.3. The number of likely N-dealkylation sites (tertiary alicyclic amines) is 1. The molecule has 1 N–H and O–H groups in total. The second-order valence-electron chi connectivity index (χ2n) is 6.23. The zero-order chi connectivity index (χ0) is 19.6. The van der Waals surface area contributed by atoms with Crippen LogP contribution in [0, 0.1) is 9.49 Å². The second kappa shape index (κ2) is 7.91. The first-order valence-corrected chi connectivity index (χ1v) is 9.34. The first-order valence-electron chi connectivity index (χ1n) is 8.26. The average Bonchev–Trinajstić information content (AvgIpc) is 3.16. The lowest BCUT2D eigenvalue weighted by molar-refractivity contribution is -0.137. The third-order valence-corrected chi connectivity index (χ3v) is 5.38. The molecule has 1 aliphatic rings. The Morgan fingerprint density at radius 2 is 1.89 bits per heavy atom. The molecule has 3 rings (SSSR count). The maximum absolute atomic E-state index is 12.9. The highest BCUT2D eigenvalue weighted by Gasteiger charge is 2.32. The summed E-state index contributed by atoms with van der Waals surface area (Å²) in [7, 11) is 0. The molecule has 5 nitrogen and oxygen atoms in total. The lowest BCUT2D eigenvalue weighted by Gasteiger charge is -2.30. The van der Waals surface area contributed by atoms with Crippen LogP contribution in [0.15, 0.2) is 41.0 Å². The Morgan fingerprint density at radius 3 is 2.48 bits per heavy atom. The van der Waals surface area contributed by atoms with Gasteiger partial charge in [-0.05, 0) is 65.8 Å². The molecule has 2 aromatic rings. The summed E-state index contributed by atoms with van der Waals surface area (Å²) in [6, 6.07) is 6.45. The van der Waals surface area contributed by atoms with Crippen molar-refractivity contribution in [3.63, 3.8) is 0 Å². The molecule has 1 saturated heterocycles. The number of nitrogens with one attached hydrogen (secondary N) is 1. The fraction of sp³-hybridized carbons (Fsp3) is 0.333. The lowest BCUT2D eigenvalue weighted by Crippen LogP contribution is -2.41. The average molecular weight is 492 g/mol. The molecule has 0 saturated carbocycles. The molecule has 144 valence electrons. The van der Waals surface area contributed by atoms with Crippen molar-refractivity contribution in [2.24, 2.45) is 5.92 Å². The van der Waals surface area contributed by atoms with Crippen LogP contribution in [0.1, 0.15) is 29.0 Å². The molecule has 1 aromatic heterocycles. The van der Waals surface area contributed by atoms with Crippen LogP contribution in [0.25, 0.3) is 0 Å².